The van der Waals surface area contributed by atoms with Crippen LogP contribution in [0.2, 0.25) is 0 Å². The maximum absolute atomic E-state index is 12.5. The summed E-state index contributed by atoms with van der Waals surface area (Å²) in [5.41, 5.74) is 1.12. The highest BCUT2D eigenvalue weighted by molar-refractivity contribution is 5.92. The second-order valence-corrected chi connectivity index (χ2v) is 5.81. The third-order valence-electron chi connectivity index (χ3n) is 4.17. The predicted molar refractivity (Wildman–Crippen MR) is 87.0 cm³/mol. The lowest BCUT2D eigenvalue weighted by atomic mass is 9.92. The Morgan fingerprint density at radius 2 is 2.22 bits per heavy atom. The van der Waals surface area contributed by atoms with Crippen molar-refractivity contribution in [1.82, 2.24) is 14.8 Å². The highest BCUT2D eigenvalue weighted by Crippen LogP contribution is 2.24. The van der Waals surface area contributed by atoms with Crippen LogP contribution in [-0.2, 0) is 16.1 Å². The number of nitrogens with one attached hydrogen (secondary N) is 1. The maximum atomic E-state index is 12.5. The van der Waals surface area contributed by atoms with Crippen LogP contribution in [-0.4, -0.2) is 33.4 Å². The molecular weight excluding hydrogens is 292 g/mol. The number of amides is 1. The smallest absolute Gasteiger partial charge is 0.231 e. The van der Waals surface area contributed by atoms with Gasteiger partial charge in [-0.25, -0.2) is 0 Å². The molecule has 2 aromatic rings. The molecule has 6 nitrogen and oxygen atoms in total. The van der Waals surface area contributed by atoms with Crippen LogP contribution in [0.4, 0.5) is 5.82 Å². The average Bonchev–Trinajstić information content (AvgIpc) is 3.02. The molecule has 0 radical (unpaired) electrons. The number of pyridine rings is 1. The highest BCUT2D eigenvalue weighted by atomic mass is 16.5. The minimum absolute atomic E-state index is 0.00529. The Labute approximate surface area is 135 Å². The fraction of sp³-hybridized carbons (Fsp3) is 0.471. The number of ether oxygens (including phenoxy) is 1. The topological polar surface area (TPSA) is 69.0 Å². The summed E-state index contributed by atoms with van der Waals surface area (Å²) >= 11 is 0. The molecule has 1 N–H and O–H groups in total. The van der Waals surface area contributed by atoms with E-state index >= 15 is 0 Å². The molecule has 2 unspecified atom stereocenters. The molecule has 6 heteroatoms. The third-order valence-corrected chi connectivity index (χ3v) is 4.17. The molecule has 0 spiro atoms. The summed E-state index contributed by atoms with van der Waals surface area (Å²) < 4.78 is 7.50. The Morgan fingerprint density at radius 3 is 3.00 bits per heavy atom. The summed E-state index contributed by atoms with van der Waals surface area (Å²) in [7, 11) is 0. The van der Waals surface area contributed by atoms with Crippen LogP contribution in [0.25, 0.3) is 0 Å². The molecule has 23 heavy (non-hydrogen) atoms. The lowest BCUT2D eigenvalue weighted by Gasteiger charge is -2.29. The Hall–Kier alpha value is -2.21. The fourth-order valence-corrected chi connectivity index (χ4v) is 2.95. The number of rotatable bonds is 5. The van der Waals surface area contributed by atoms with E-state index in [1.165, 1.54) is 0 Å². The van der Waals surface area contributed by atoms with Crippen LogP contribution in [0.5, 0.6) is 0 Å². The summed E-state index contributed by atoms with van der Waals surface area (Å²) in [4.78, 5) is 16.5. The molecule has 1 aliphatic heterocycles. The van der Waals surface area contributed by atoms with E-state index in [1.54, 1.807) is 17.1 Å². The molecule has 3 heterocycles. The van der Waals surface area contributed by atoms with Gasteiger partial charge >= 0.3 is 0 Å². The van der Waals surface area contributed by atoms with Crippen LogP contribution in [0, 0.1) is 5.92 Å². The third kappa shape index (κ3) is 3.96. The number of nitrogens with zero attached hydrogens (tertiary/aromatic N) is 3. The van der Waals surface area contributed by atoms with Gasteiger partial charge in [-0.3, -0.25) is 14.5 Å². The Kier molecular flexibility index (Phi) is 5.02. The second-order valence-electron chi connectivity index (χ2n) is 5.81. The van der Waals surface area contributed by atoms with Crippen molar-refractivity contribution in [2.24, 2.45) is 5.92 Å². The van der Waals surface area contributed by atoms with Gasteiger partial charge in [0.1, 0.15) is 0 Å². The predicted octanol–water partition coefficient (Wildman–Crippen LogP) is 2.47. The molecule has 1 aliphatic rings. The molecule has 2 aromatic heterocycles. The van der Waals surface area contributed by atoms with Crippen LogP contribution < -0.4 is 5.32 Å². The standard InChI is InChI=1S/C17H22N4O2/c1-2-15-14(4-3-11-23-15)17(22)19-16-7-10-21(20-16)12-13-5-8-18-9-6-13/h5-10,14-15H,2-4,11-12H2,1H3,(H,19,20,22). The van der Waals surface area contributed by atoms with E-state index in [4.69, 9.17) is 4.74 Å². The lowest BCUT2D eigenvalue weighted by Crippen LogP contribution is -2.37. The second kappa shape index (κ2) is 7.37. The first-order valence-electron chi connectivity index (χ1n) is 8.11. The molecule has 2 atom stereocenters. The quantitative estimate of drug-likeness (QED) is 0.920. The van der Waals surface area contributed by atoms with Gasteiger partial charge in [0, 0.05) is 31.3 Å². The molecule has 3 rings (SSSR count). The van der Waals surface area contributed by atoms with E-state index < -0.39 is 0 Å². The van der Waals surface area contributed by atoms with E-state index in [-0.39, 0.29) is 17.9 Å². The van der Waals surface area contributed by atoms with Crippen molar-refractivity contribution in [3.05, 3.63) is 42.4 Å². The van der Waals surface area contributed by atoms with Gasteiger partial charge in [0.05, 0.1) is 18.6 Å². The minimum atomic E-state index is -0.0842. The number of aromatic nitrogens is 3. The summed E-state index contributed by atoms with van der Waals surface area (Å²) in [6.07, 6.45) is 8.07. The number of carbonyl (C=O) groups is 1. The fourth-order valence-electron chi connectivity index (χ4n) is 2.95. The molecule has 1 amide bonds. The lowest BCUT2D eigenvalue weighted by molar-refractivity contribution is -0.129. The van der Waals surface area contributed by atoms with Gasteiger partial charge in [0.25, 0.3) is 0 Å². The first-order chi connectivity index (χ1) is 11.3. The first kappa shape index (κ1) is 15.7. The summed E-state index contributed by atoms with van der Waals surface area (Å²) in [6, 6.07) is 5.72. The zero-order chi connectivity index (χ0) is 16.1. The van der Waals surface area contributed by atoms with Crippen molar-refractivity contribution < 1.29 is 9.53 Å². The Morgan fingerprint density at radius 1 is 1.39 bits per heavy atom. The van der Waals surface area contributed by atoms with E-state index in [9.17, 15) is 4.79 Å². The summed E-state index contributed by atoms with van der Waals surface area (Å²) in [5, 5.41) is 7.33. The van der Waals surface area contributed by atoms with Crippen LogP contribution in [0.15, 0.2) is 36.8 Å². The zero-order valence-electron chi connectivity index (χ0n) is 13.3. The van der Waals surface area contributed by atoms with Crippen molar-refractivity contribution in [1.29, 1.82) is 0 Å². The largest absolute Gasteiger partial charge is 0.377 e. The Bertz CT molecular complexity index is 641. The monoisotopic (exact) mass is 314 g/mol. The zero-order valence-corrected chi connectivity index (χ0v) is 13.3. The molecule has 0 aromatic carbocycles. The minimum Gasteiger partial charge on any atom is -0.377 e. The molecule has 122 valence electrons. The summed E-state index contributed by atoms with van der Waals surface area (Å²) in [6.45, 7) is 3.46. The van der Waals surface area contributed by atoms with Crippen LogP contribution in [0.1, 0.15) is 31.7 Å². The van der Waals surface area contributed by atoms with E-state index in [0.717, 1.165) is 31.4 Å². The van der Waals surface area contributed by atoms with Gasteiger partial charge in [0.15, 0.2) is 5.82 Å². The van der Waals surface area contributed by atoms with Crippen molar-refractivity contribution >= 4 is 11.7 Å². The van der Waals surface area contributed by atoms with Crippen molar-refractivity contribution in [3.8, 4) is 0 Å². The highest BCUT2D eigenvalue weighted by Gasteiger charge is 2.30. The van der Waals surface area contributed by atoms with Gasteiger partial charge in [-0.15, -0.1) is 0 Å². The average molecular weight is 314 g/mol. The molecular formula is C17H22N4O2. The number of hydrogen-bond acceptors (Lipinski definition) is 4. The molecule has 1 fully saturated rings. The molecule has 0 aliphatic carbocycles. The van der Waals surface area contributed by atoms with Crippen LogP contribution in [0.3, 0.4) is 0 Å². The van der Waals surface area contributed by atoms with Crippen molar-refractivity contribution in [2.75, 3.05) is 11.9 Å². The Balaban J connectivity index is 1.61. The van der Waals surface area contributed by atoms with E-state index in [0.29, 0.717) is 12.4 Å². The SMILES string of the molecule is CCC1OCCCC1C(=O)Nc1ccn(Cc2ccncc2)n1. The van der Waals surface area contributed by atoms with Gasteiger partial charge in [0.2, 0.25) is 5.91 Å². The summed E-state index contributed by atoms with van der Waals surface area (Å²) in [5.74, 6) is 0.509. The van der Waals surface area contributed by atoms with E-state index in [1.807, 2.05) is 24.4 Å². The molecule has 0 bridgehead atoms. The normalized spacial score (nSPS) is 21.1. The van der Waals surface area contributed by atoms with Gasteiger partial charge < -0.3 is 10.1 Å². The van der Waals surface area contributed by atoms with Crippen LogP contribution >= 0.6 is 0 Å². The number of carbonyl (C=O) groups excluding carboxylic acids is 1. The van der Waals surface area contributed by atoms with Gasteiger partial charge in [-0.1, -0.05) is 6.92 Å². The number of hydrogen-bond donors (Lipinski definition) is 1. The van der Waals surface area contributed by atoms with Crippen molar-refractivity contribution in [2.45, 2.75) is 38.8 Å². The molecule has 1 saturated heterocycles. The number of anilines is 1. The molecule has 0 saturated carbocycles. The first-order valence-corrected chi connectivity index (χ1v) is 8.11. The van der Waals surface area contributed by atoms with E-state index in [2.05, 4.69) is 22.3 Å². The maximum Gasteiger partial charge on any atom is 0.231 e. The van der Waals surface area contributed by atoms with Crippen molar-refractivity contribution in [3.63, 3.8) is 0 Å². The van der Waals surface area contributed by atoms with Gasteiger partial charge in [-0.05, 0) is 37.0 Å². The van der Waals surface area contributed by atoms with Gasteiger partial charge in [-0.2, -0.15) is 5.10 Å².